The van der Waals surface area contributed by atoms with E-state index < -0.39 is 0 Å². The first-order valence-corrected chi connectivity index (χ1v) is 9.60. The van der Waals surface area contributed by atoms with Gasteiger partial charge in [-0.1, -0.05) is 12.1 Å². The number of nitrogens with one attached hydrogen (secondary N) is 3. The van der Waals surface area contributed by atoms with Crippen LogP contribution in [0.15, 0.2) is 53.6 Å². The summed E-state index contributed by atoms with van der Waals surface area (Å²) in [5, 5.41) is 13.2. The van der Waals surface area contributed by atoms with Crippen molar-refractivity contribution in [1.82, 2.24) is 20.1 Å². The number of aromatic nitrogens is 3. The molecule has 8 heteroatoms. The van der Waals surface area contributed by atoms with Gasteiger partial charge in [-0.3, -0.25) is 14.7 Å². The van der Waals surface area contributed by atoms with Crippen molar-refractivity contribution in [2.45, 2.75) is 25.3 Å². The molecule has 1 aromatic carbocycles. The number of carbonyl (C=O) groups is 1. The van der Waals surface area contributed by atoms with Crippen molar-refractivity contribution in [2.75, 3.05) is 18.4 Å². The monoisotopic (exact) mass is 395 g/mol. The number of piperidine rings is 1. The largest absolute Gasteiger partial charge is 0.321 e. The Morgan fingerprint density at radius 1 is 1.31 bits per heavy atom. The number of carbonyl (C=O) groups excluding carboxylic acids is 1. The van der Waals surface area contributed by atoms with Crippen LogP contribution in [0.3, 0.4) is 0 Å². The third-order valence-electron chi connectivity index (χ3n) is 5.10. The van der Waals surface area contributed by atoms with Gasteiger partial charge < -0.3 is 15.2 Å². The number of hydrogen-bond donors (Lipinski definition) is 3. The van der Waals surface area contributed by atoms with Crippen LogP contribution >= 0.6 is 0 Å². The normalized spacial score (nSPS) is 16.5. The zero-order valence-electron chi connectivity index (χ0n) is 15.8. The minimum absolute atomic E-state index is 0.213. The van der Waals surface area contributed by atoms with Crippen LogP contribution in [0.4, 0.5) is 10.1 Å². The van der Waals surface area contributed by atoms with E-state index in [1.165, 1.54) is 29.0 Å². The van der Waals surface area contributed by atoms with Crippen LogP contribution in [0.2, 0.25) is 0 Å². The lowest BCUT2D eigenvalue weighted by molar-refractivity contribution is 0.102. The number of benzene rings is 1. The summed E-state index contributed by atoms with van der Waals surface area (Å²) in [5.41, 5.74) is 2.24. The predicted octanol–water partition coefficient (Wildman–Crippen LogP) is 2.48. The van der Waals surface area contributed by atoms with Gasteiger partial charge in [-0.05, 0) is 43.1 Å². The first kappa shape index (κ1) is 19.1. The first-order valence-electron chi connectivity index (χ1n) is 9.60. The SMILES string of the molecule is O=C(Nc1ccc(=O)n(Cc2cccc(F)c2)c1)c1cn[nH]c1C1CCCNC1. The highest BCUT2D eigenvalue weighted by Crippen LogP contribution is 2.24. The zero-order valence-corrected chi connectivity index (χ0v) is 15.8. The van der Waals surface area contributed by atoms with E-state index in [1.807, 2.05) is 0 Å². The fourth-order valence-electron chi connectivity index (χ4n) is 3.65. The van der Waals surface area contributed by atoms with Crippen LogP contribution < -0.4 is 16.2 Å². The van der Waals surface area contributed by atoms with E-state index in [0.29, 0.717) is 16.8 Å². The van der Waals surface area contributed by atoms with E-state index in [-0.39, 0.29) is 29.7 Å². The van der Waals surface area contributed by atoms with Crippen LogP contribution in [0, 0.1) is 5.82 Å². The summed E-state index contributed by atoms with van der Waals surface area (Å²) < 4.78 is 14.8. The van der Waals surface area contributed by atoms with E-state index >= 15 is 0 Å². The lowest BCUT2D eigenvalue weighted by atomic mass is 9.93. The molecule has 4 rings (SSSR count). The van der Waals surface area contributed by atoms with Gasteiger partial charge in [0.15, 0.2) is 0 Å². The molecule has 1 aliphatic heterocycles. The Morgan fingerprint density at radius 2 is 2.21 bits per heavy atom. The number of hydrogen-bond acceptors (Lipinski definition) is 4. The van der Waals surface area contributed by atoms with Crippen LogP contribution in [0.5, 0.6) is 0 Å². The minimum Gasteiger partial charge on any atom is -0.321 e. The molecule has 1 saturated heterocycles. The molecule has 0 spiro atoms. The first-order chi connectivity index (χ1) is 14.1. The van der Waals surface area contributed by atoms with Crippen LogP contribution in [-0.2, 0) is 6.54 Å². The minimum atomic E-state index is -0.357. The molecule has 0 aliphatic carbocycles. The highest BCUT2D eigenvalue weighted by Gasteiger charge is 2.23. The van der Waals surface area contributed by atoms with E-state index in [2.05, 4.69) is 20.8 Å². The van der Waals surface area contributed by atoms with Crippen LogP contribution in [-0.4, -0.2) is 33.8 Å². The second-order valence-corrected chi connectivity index (χ2v) is 7.21. The lowest BCUT2D eigenvalue weighted by Gasteiger charge is -2.22. The summed E-state index contributed by atoms with van der Waals surface area (Å²) in [5.74, 6) is -0.422. The molecule has 0 radical (unpaired) electrons. The maximum Gasteiger partial charge on any atom is 0.259 e. The number of halogens is 1. The third kappa shape index (κ3) is 4.43. The molecule has 1 amide bonds. The molecular weight excluding hydrogens is 373 g/mol. The summed E-state index contributed by atoms with van der Waals surface area (Å²) in [7, 11) is 0. The molecule has 0 saturated carbocycles. The van der Waals surface area contributed by atoms with Gasteiger partial charge in [0.05, 0.1) is 29.7 Å². The molecule has 1 aliphatic rings. The Balaban J connectivity index is 1.52. The van der Waals surface area contributed by atoms with Gasteiger partial charge in [0.2, 0.25) is 0 Å². The van der Waals surface area contributed by atoms with Gasteiger partial charge >= 0.3 is 0 Å². The zero-order chi connectivity index (χ0) is 20.2. The van der Waals surface area contributed by atoms with Crippen molar-refractivity contribution in [3.05, 3.63) is 81.8 Å². The Morgan fingerprint density at radius 3 is 3.00 bits per heavy atom. The number of rotatable bonds is 5. The number of pyridine rings is 1. The van der Waals surface area contributed by atoms with Crippen molar-refractivity contribution in [3.8, 4) is 0 Å². The third-order valence-corrected chi connectivity index (χ3v) is 5.10. The van der Waals surface area contributed by atoms with Crippen LogP contribution in [0.25, 0.3) is 0 Å². The highest BCUT2D eigenvalue weighted by molar-refractivity contribution is 6.04. The quantitative estimate of drug-likeness (QED) is 0.619. The second-order valence-electron chi connectivity index (χ2n) is 7.21. The van der Waals surface area contributed by atoms with Gasteiger partial charge in [0.25, 0.3) is 11.5 Å². The summed E-state index contributed by atoms with van der Waals surface area (Å²) >= 11 is 0. The number of aromatic amines is 1. The molecule has 0 bridgehead atoms. The Bertz CT molecular complexity index is 1070. The topological polar surface area (TPSA) is 91.8 Å². The van der Waals surface area contributed by atoms with E-state index in [9.17, 15) is 14.0 Å². The second kappa shape index (κ2) is 8.40. The molecule has 7 nitrogen and oxygen atoms in total. The maximum atomic E-state index is 13.4. The van der Waals surface area contributed by atoms with E-state index in [1.54, 1.807) is 24.4 Å². The summed E-state index contributed by atoms with van der Waals surface area (Å²) in [4.78, 5) is 25.0. The molecule has 1 unspecified atom stereocenters. The van der Waals surface area contributed by atoms with Gasteiger partial charge in [0.1, 0.15) is 5.82 Å². The van der Waals surface area contributed by atoms with Crippen molar-refractivity contribution < 1.29 is 9.18 Å². The van der Waals surface area contributed by atoms with Crippen molar-refractivity contribution in [1.29, 1.82) is 0 Å². The van der Waals surface area contributed by atoms with Gasteiger partial charge in [-0.2, -0.15) is 5.10 Å². The fourth-order valence-corrected chi connectivity index (χ4v) is 3.65. The summed E-state index contributed by atoms with van der Waals surface area (Å²) in [6.45, 7) is 2.00. The Labute approximate surface area is 167 Å². The number of amides is 1. The van der Waals surface area contributed by atoms with Gasteiger partial charge in [-0.25, -0.2) is 4.39 Å². The smallest absolute Gasteiger partial charge is 0.259 e. The molecule has 2 aromatic heterocycles. The molecule has 3 heterocycles. The Kier molecular flexibility index (Phi) is 5.53. The van der Waals surface area contributed by atoms with Gasteiger partial charge in [0, 0.05) is 24.7 Å². The number of anilines is 1. The molecule has 3 aromatic rings. The average Bonchev–Trinajstić information content (AvgIpc) is 3.21. The number of H-pyrrole nitrogens is 1. The molecule has 1 fully saturated rings. The van der Waals surface area contributed by atoms with Crippen LogP contribution in [0.1, 0.15) is 40.4 Å². The predicted molar refractivity (Wildman–Crippen MR) is 108 cm³/mol. The van der Waals surface area contributed by atoms with Crippen molar-refractivity contribution >= 4 is 11.6 Å². The number of nitrogens with zero attached hydrogens (tertiary/aromatic N) is 2. The molecule has 29 heavy (non-hydrogen) atoms. The van der Waals surface area contributed by atoms with Crippen molar-refractivity contribution in [2.24, 2.45) is 0 Å². The molecule has 150 valence electrons. The molecule has 3 N–H and O–H groups in total. The Hall–Kier alpha value is -3.26. The van der Waals surface area contributed by atoms with Gasteiger partial charge in [-0.15, -0.1) is 0 Å². The molecule has 1 atom stereocenters. The highest BCUT2D eigenvalue weighted by atomic mass is 19.1. The van der Waals surface area contributed by atoms with Crippen molar-refractivity contribution in [3.63, 3.8) is 0 Å². The van der Waals surface area contributed by atoms with E-state index in [4.69, 9.17) is 0 Å². The average molecular weight is 395 g/mol. The summed E-state index contributed by atoms with van der Waals surface area (Å²) in [6, 6.07) is 9.03. The maximum absolute atomic E-state index is 13.4. The molecular formula is C21H22FN5O2. The summed E-state index contributed by atoms with van der Waals surface area (Å²) in [6.07, 6.45) is 5.14. The van der Waals surface area contributed by atoms with E-state index in [0.717, 1.165) is 31.6 Å². The standard InChI is InChI=1S/C21H22FN5O2/c22-16-5-1-3-14(9-16)12-27-13-17(6-7-19(27)28)25-21(29)18-11-24-26-20(18)15-4-2-8-23-10-15/h1,3,5-7,9,11,13,15,23H,2,4,8,10,12H2,(H,24,26)(H,25,29). The fraction of sp³-hybridized carbons (Fsp3) is 0.286. The lowest BCUT2D eigenvalue weighted by Crippen LogP contribution is -2.29.